The van der Waals surface area contributed by atoms with E-state index in [1.54, 1.807) is 13.1 Å². The Bertz CT molecular complexity index is 675. The van der Waals surface area contributed by atoms with E-state index in [4.69, 9.17) is 5.26 Å². The minimum Gasteiger partial charge on any atom is -0.310 e. The van der Waals surface area contributed by atoms with E-state index in [0.29, 0.717) is 5.92 Å². The van der Waals surface area contributed by atoms with Crippen molar-refractivity contribution in [3.8, 4) is 6.07 Å². The quantitative estimate of drug-likeness (QED) is 0.750. The number of fused-ring (bicyclic) bond motifs is 1. The lowest BCUT2D eigenvalue weighted by Crippen LogP contribution is -2.19. The molecule has 17 heavy (non-hydrogen) atoms. The van der Waals surface area contributed by atoms with E-state index < -0.39 is 0 Å². The molecule has 1 aromatic carbocycles. The number of pyridine rings is 1. The van der Waals surface area contributed by atoms with Gasteiger partial charge in [-0.3, -0.25) is 4.79 Å². The fourth-order valence-electron chi connectivity index (χ4n) is 1.94. The van der Waals surface area contributed by atoms with Crippen molar-refractivity contribution in [2.75, 3.05) is 0 Å². The third-order valence-corrected chi connectivity index (χ3v) is 3.03. The van der Waals surface area contributed by atoms with Crippen molar-refractivity contribution >= 4 is 10.9 Å². The zero-order valence-electron chi connectivity index (χ0n) is 10.2. The summed E-state index contributed by atoms with van der Waals surface area (Å²) in [6.07, 6.45) is 0. The van der Waals surface area contributed by atoms with Gasteiger partial charge in [0, 0.05) is 12.4 Å². The normalized spacial score (nSPS) is 10.8. The Balaban J connectivity index is 2.84. The van der Waals surface area contributed by atoms with Crippen LogP contribution in [0, 0.1) is 11.3 Å². The Morgan fingerprint density at radius 2 is 2.00 bits per heavy atom. The predicted octanol–water partition coefficient (Wildman–Crippen LogP) is 2.53. The van der Waals surface area contributed by atoms with Crippen LogP contribution in [0.2, 0.25) is 0 Å². The first-order valence-electron chi connectivity index (χ1n) is 5.58. The van der Waals surface area contributed by atoms with Crippen LogP contribution >= 0.6 is 0 Å². The highest BCUT2D eigenvalue weighted by atomic mass is 16.1. The van der Waals surface area contributed by atoms with Crippen LogP contribution in [0.1, 0.15) is 30.9 Å². The summed E-state index contributed by atoms with van der Waals surface area (Å²) in [6, 6.07) is 9.62. The summed E-state index contributed by atoms with van der Waals surface area (Å²) in [4.78, 5) is 11.8. The summed E-state index contributed by atoms with van der Waals surface area (Å²) in [5, 5.41) is 9.86. The summed E-state index contributed by atoms with van der Waals surface area (Å²) in [5.41, 5.74) is 2.02. The lowest BCUT2D eigenvalue weighted by molar-refractivity contribution is 0.864. The fourth-order valence-corrected chi connectivity index (χ4v) is 1.94. The maximum Gasteiger partial charge on any atom is 0.268 e. The second kappa shape index (κ2) is 4.06. The molecule has 0 radical (unpaired) electrons. The SMILES string of the molecule is CC(C)c1ccc2c(c1)cc(C#N)c(=O)n2C. The number of hydrogen-bond donors (Lipinski definition) is 0. The van der Waals surface area contributed by atoms with E-state index in [0.717, 1.165) is 10.9 Å². The van der Waals surface area contributed by atoms with Crippen molar-refractivity contribution in [1.82, 2.24) is 4.57 Å². The Labute approximate surface area is 99.9 Å². The van der Waals surface area contributed by atoms with Gasteiger partial charge in [0.05, 0.1) is 5.52 Å². The molecule has 0 spiro atoms. The lowest BCUT2D eigenvalue weighted by Gasteiger charge is -2.09. The molecule has 86 valence electrons. The Hall–Kier alpha value is -2.08. The highest BCUT2D eigenvalue weighted by molar-refractivity contribution is 5.81. The maximum atomic E-state index is 11.8. The molecule has 1 aromatic heterocycles. The molecule has 3 nitrogen and oxygen atoms in total. The van der Waals surface area contributed by atoms with Crippen LogP contribution in [-0.4, -0.2) is 4.57 Å². The maximum absolute atomic E-state index is 11.8. The molecule has 0 bridgehead atoms. The van der Waals surface area contributed by atoms with E-state index >= 15 is 0 Å². The minimum atomic E-state index is -0.239. The number of benzene rings is 1. The Morgan fingerprint density at radius 1 is 1.29 bits per heavy atom. The average Bonchev–Trinajstić information content (AvgIpc) is 2.33. The standard InChI is InChI=1S/C14H14N2O/c1-9(2)10-4-5-13-11(6-10)7-12(8-15)14(17)16(13)3/h4-7,9H,1-3H3. The molecule has 0 saturated carbocycles. The summed E-state index contributed by atoms with van der Waals surface area (Å²) < 4.78 is 1.53. The number of rotatable bonds is 1. The largest absolute Gasteiger partial charge is 0.310 e. The van der Waals surface area contributed by atoms with Gasteiger partial charge in [-0.25, -0.2) is 0 Å². The van der Waals surface area contributed by atoms with Gasteiger partial charge in [-0.2, -0.15) is 5.26 Å². The van der Waals surface area contributed by atoms with Crippen molar-refractivity contribution in [2.45, 2.75) is 19.8 Å². The lowest BCUT2D eigenvalue weighted by atomic mass is 10.0. The second-order valence-electron chi connectivity index (χ2n) is 4.51. The molecule has 0 amide bonds. The number of nitrogens with zero attached hydrogens (tertiary/aromatic N) is 2. The number of aryl methyl sites for hydroxylation is 1. The van der Waals surface area contributed by atoms with Crippen molar-refractivity contribution in [2.24, 2.45) is 7.05 Å². The molecule has 1 heterocycles. The number of aromatic nitrogens is 1. The summed E-state index contributed by atoms with van der Waals surface area (Å²) in [6.45, 7) is 4.24. The predicted molar refractivity (Wildman–Crippen MR) is 68.0 cm³/mol. The van der Waals surface area contributed by atoms with E-state index in [2.05, 4.69) is 13.8 Å². The first-order valence-corrected chi connectivity index (χ1v) is 5.58. The van der Waals surface area contributed by atoms with E-state index in [9.17, 15) is 4.79 Å². The monoisotopic (exact) mass is 226 g/mol. The Morgan fingerprint density at radius 3 is 2.59 bits per heavy atom. The van der Waals surface area contributed by atoms with Gasteiger partial charge in [-0.1, -0.05) is 19.9 Å². The fraction of sp³-hybridized carbons (Fsp3) is 0.286. The second-order valence-corrected chi connectivity index (χ2v) is 4.51. The van der Waals surface area contributed by atoms with Crippen LogP contribution in [0.3, 0.4) is 0 Å². The molecule has 2 aromatic rings. The van der Waals surface area contributed by atoms with Crippen LogP contribution in [0.25, 0.3) is 10.9 Å². The highest BCUT2D eigenvalue weighted by Gasteiger charge is 2.07. The molecule has 3 heteroatoms. The summed E-state index contributed by atoms with van der Waals surface area (Å²) in [7, 11) is 1.69. The van der Waals surface area contributed by atoms with Crippen molar-refractivity contribution in [1.29, 1.82) is 5.26 Å². The molecule has 0 aliphatic heterocycles. The van der Waals surface area contributed by atoms with Gasteiger partial charge in [-0.05, 0) is 29.7 Å². The van der Waals surface area contributed by atoms with E-state index in [-0.39, 0.29) is 11.1 Å². The third-order valence-electron chi connectivity index (χ3n) is 3.03. The molecule has 0 unspecified atom stereocenters. The minimum absolute atomic E-state index is 0.195. The molecule has 0 saturated heterocycles. The summed E-state index contributed by atoms with van der Waals surface area (Å²) >= 11 is 0. The topological polar surface area (TPSA) is 45.8 Å². The van der Waals surface area contributed by atoms with Crippen LogP contribution in [0.15, 0.2) is 29.1 Å². The Kier molecular flexibility index (Phi) is 2.72. The molecule has 0 N–H and O–H groups in total. The van der Waals surface area contributed by atoms with Crippen LogP contribution in [0.4, 0.5) is 0 Å². The van der Waals surface area contributed by atoms with Crippen LogP contribution in [-0.2, 0) is 7.05 Å². The van der Waals surface area contributed by atoms with Crippen molar-refractivity contribution < 1.29 is 0 Å². The molecule has 2 rings (SSSR count). The number of hydrogen-bond acceptors (Lipinski definition) is 2. The first-order chi connectivity index (χ1) is 8.04. The van der Waals surface area contributed by atoms with Gasteiger partial charge in [0.2, 0.25) is 0 Å². The van der Waals surface area contributed by atoms with Crippen molar-refractivity contribution in [3.05, 3.63) is 45.7 Å². The van der Waals surface area contributed by atoms with Gasteiger partial charge in [0.25, 0.3) is 5.56 Å². The first kappa shape index (κ1) is 11.4. The summed E-state index contributed by atoms with van der Waals surface area (Å²) in [5.74, 6) is 0.433. The van der Waals surface area contributed by atoms with Crippen LogP contribution < -0.4 is 5.56 Å². The zero-order chi connectivity index (χ0) is 12.6. The molecular weight excluding hydrogens is 212 g/mol. The molecule has 0 fully saturated rings. The van der Waals surface area contributed by atoms with Gasteiger partial charge in [0.1, 0.15) is 11.6 Å². The molecule has 0 atom stereocenters. The third kappa shape index (κ3) is 1.83. The molecule has 0 aliphatic rings. The van der Waals surface area contributed by atoms with Gasteiger partial charge >= 0.3 is 0 Å². The zero-order valence-corrected chi connectivity index (χ0v) is 10.2. The average molecular weight is 226 g/mol. The van der Waals surface area contributed by atoms with Crippen molar-refractivity contribution in [3.63, 3.8) is 0 Å². The van der Waals surface area contributed by atoms with E-state index in [1.165, 1.54) is 10.1 Å². The smallest absolute Gasteiger partial charge is 0.268 e. The van der Waals surface area contributed by atoms with E-state index in [1.807, 2.05) is 24.3 Å². The van der Waals surface area contributed by atoms with Gasteiger partial charge in [0.15, 0.2) is 0 Å². The highest BCUT2D eigenvalue weighted by Crippen LogP contribution is 2.20. The van der Waals surface area contributed by atoms with Crippen LogP contribution in [0.5, 0.6) is 0 Å². The molecule has 0 aliphatic carbocycles. The van der Waals surface area contributed by atoms with Gasteiger partial charge < -0.3 is 4.57 Å². The van der Waals surface area contributed by atoms with Gasteiger partial charge in [-0.15, -0.1) is 0 Å². The molecular formula is C14H14N2O. The number of nitriles is 1.